The number of hydrogen-bond acceptors (Lipinski definition) is 4. The van der Waals surface area contributed by atoms with E-state index in [-0.39, 0.29) is 11.9 Å². The van der Waals surface area contributed by atoms with E-state index in [1.165, 1.54) is 0 Å². The number of carbonyl (C=O) groups is 1. The standard InChI is InChI=1S/C11H17N5OS/c1-6-9(10(12)18)11(16(2)15-6)13-5-7-3-4-8(17)14-7/h7,13H,3-5H2,1-2H3,(H2,12,18)(H,14,17). The molecule has 0 radical (unpaired) electrons. The lowest BCUT2D eigenvalue weighted by Gasteiger charge is -2.13. The zero-order chi connectivity index (χ0) is 13.3. The number of thiocarbonyl (C=S) groups is 1. The second-order valence-electron chi connectivity index (χ2n) is 4.48. The first-order valence-corrected chi connectivity index (χ1v) is 6.26. The van der Waals surface area contributed by atoms with Gasteiger partial charge < -0.3 is 16.4 Å². The molecule has 1 aliphatic heterocycles. The molecule has 1 atom stereocenters. The molecule has 6 nitrogen and oxygen atoms in total. The average molecular weight is 267 g/mol. The second-order valence-corrected chi connectivity index (χ2v) is 4.92. The van der Waals surface area contributed by atoms with Crippen LogP contribution in [0.1, 0.15) is 24.1 Å². The maximum atomic E-state index is 11.1. The lowest BCUT2D eigenvalue weighted by molar-refractivity contribution is -0.119. The average Bonchev–Trinajstić information content (AvgIpc) is 2.79. The highest BCUT2D eigenvalue weighted by molar-refractivity contribution is 7.80. The molecule has 2 rings (SSSR count). The van der Waals surface area contributed by atoms with Crippen molar-refractivity contribution < 1.29 is 4.79 Å². The highest BCUT2D eigenvalue weighted by Crippen LogP contribution is 2.19. The predicted octanol–water partition coefficient (Wildman–Crippen LogP) is 0.0532. The molecule has 2 heterocycles. The number of nitrogens with zero attached hydrogens (tertiary/aromatic N) is 2. The number of anilines is 1. The molecule has 98 valence electrons. The van der Waals surface area contributed by atoms with Gasteiger partial charge in [0.1, 0.15) is 10.8 Å². The van der Waals surface area contributed by atoms with Crippen molar-refractivity contribution in [2.45, 2.75) is 25.8 Å². The first kappa shape index (κ1) is 12.8. The molecule has 1 amide bonds. The Kier molecular flexibility index (Phi) is 3.51. The summed E-state index contributed by atoms with van der Waals surface area (Å²) in [6, 6.07) is 0.159. The van der Waals surface area contributed by atoms with Gasteiger partial charge in [0, 0.05) is 26.1 Å². The summed E-state index contributed by atoms with van der Waals surface area (Å²) in [5, 5.41) is 10.5. The summed E-state index contributed by atoms with van der Waals surface area (Å²) in [5.74, 6) is 0.915. The molecule has 1 fully saturated rings. The van der Waals surface area contributed by atoms with Crippen molar-refractivity contribution in [1.82, 2.24) is 15.1 Å². The Balaban J connectivity index is 2.09. The molecule has 18 heavy (non-hydrogen) atoms. The van der Waals surface area contributed by atoms with Gasteiger partial charge in [-0.25, -0.2) is 0 Å². The Labute approximate surface area is 111 Å². The van der Waals surface area contributed by atoms with Gasteiger partial charge in [-0.05, 0) is 13.3 Å². The number of rotatable bonds is 4. The smallest absolute Gasteiger partial charge is 0.220 e. The van der Waals surface area contributed by atoms with E-state index in [0.29, 0.717) is 18.0 Å². The van der Waals surface area contributed by atoms with Gasteiger partial charge in [-0.2, -0.15) is 5.10 Å². The summed E-state index contributed by atoms with van der Waals surface area (Å²) in [6.07, 6.45) is 1.45. The third-order valence-electron chi connectivity index (χ3n) is 3.07. The fourth-order valence-electron chi connectivity index (χ4n) is 2.21. The lowest BCUT2D eigenvalue weighted by atomic mass is 10.2. The number of aryl methyl sites for hydroxylation is 2. The Hall–Kier alpha value is -1.63. The molecule has 0 aromatic carbocycles. The van der Waals surface area contributed by atoms with Crippen LogP contribution in [0.25, 0.3) is 0 Å². The summed E-state index contributed by atoms with van der Waals surface area (Å²) in [7, 11) is 1.84. The SMILES string of the molecule is Cc1nn(C)c(NCC2CCC(=O)N2)c1C(N)=S. The van der Waals surface area contributed by atoms with Crippen LogP contribution in [0, 0.1) is 6.92 Å². The molecule has 0 bridgehead atoms. The van der Waals surface area contributed by atoms with Crippen LogP contribution < -0.4 is 16.4 Å². The largest absolute Gasteiger partial charge is 0.389 e. The minimum absolute atomic E-state index is 0.109. The van der Waals surface area contributed by atoms with Crippen molar-refractivity contribution in [1.29, 1.82) is 0 Å². The quantitative estimate of drug-likeness (QED) is 0.671. The highest BCUT2D eigenvalue weighted by Gasteiger charge is 2.22. The molecule has 1 aromatic rings. The van der Waals surface area contributed by atoms with Crippen LogP contribution in [-0.2, 0) is 11.8 Å². The van der Waals surface area contributed by atoms with E-state index in [1.807, 2.05) is 14.0 Å². The molecule has 1 aromatic heterocycles. The summed E-state index contributed by atoms with van der Waals surface area (Å²) in [4.78, 5) is 11.4. The molecule has 1 saturated heterocycles. The third kappa shape index (κ3) is 2.45. The minimum atomic E-state index is 0.109. The van der Waals surface area contributed by atoms with E-state index >= 15 is 0 Å². The maximum Gasteiger partial charge on any atom is 0.220 e. The molecule has 0 aliphatic carbocycles. The number of aromatic nitrogens is 2. The van der Waals surface area contributed by atoms with Crippen LogP contribution in [0.5, 0.6) is 0 Å². The van der Waals surface area contributed by atoms with Gasteiger partial charge >= 0.3 is 0 Å². The van der Waals surface area contributed by atoms with Crippen LogP contribution in [-0.4, -0.2) is 33.3 Å². The van der Waals surface area contributed by atoms with Gasteiger partial charge in [-0.15, -0.1) is 0 Å². The Bertz CT molecular complexity index is 496. The number of amides is 1. The van der Waals surface area contributed by atoms with Crippen molar-refractivity contribution in [3.05, 3.63) is 11.3 Å². The van der Waals surface area contributed by atoms with E-state index in [4.69, 9.17) is 18.0 Å². The first-order valence-electron chi connectivity index (χ1n) is 5.85. The number of hydrogen-bond donors (Lipinski definition) is 3. The van der Waals surface area contributed by atoms with Gasteiger partial charge in [0.2, 0.25) is 5.91 Å². The highest BCUT2D eigenvalue weighted by atomic mass is 32.1. The zero-order valence-electron chi connectivity index (χ0n) is 10.5. The van der Waals surface area contributed by atoms with Gasteiger partial charge in [0.05, 0.1) is 11.3 Å². The van der Waals surface area contributed by atoms with Gasteiger partial charge in [0.25, 0.3) is 0 Å². The molecule has 0 saturated carbocycles. The first-order chi connectivity index (χ1) is 8.49. The van der Waals surface area contributed by atoms with Crippen LogP contribution >= 0.6 is 12.2 Å². The van der Waals surface area contributed by atoms with Crippen molar-refractivity contribution >= 4 is 28.9 Å². The molecule has 7 heteroatoms. The van der Waals surface area contributed by atoms with E-state index in [2.05, 4.69) is 15.7 Å². The molecular formula is C11H17N5OS. The van der Waals surface area contributed by atoms with Crippen LogP contribution in [0.3, 0.4) is 0 Å². The van der Waals surface area contributed by atoms with Crippen LogP contribution in [0.15, 0.2) is 0 Å². The second kappa shape index (κ2) is 4.93. The Morgan fingerprint density at radius 2 is 2.44 bits per heavy atom. The Morgan fingerprint density at radius 1 is 1.72 bits per heavy atom. The number of nitrogens with one attached hydrogen (secondary N) is 2. The van der Waals surface area contributed by atoms with Gasteiger partial charge in [-0.3, -0.25) is 9.48 Å². The monoisotopic (exact) mass is 267 g/mol. The van der Waals surface area contributed by atoms with Gasteiger partial charge in [0.15, 0.2) is 0 Å². The van der Waals surface area contributed by atoms with Crippen molar-refractivity contribution in [3.63, 3.8) is 0 Å². The number of carbonyl (C=O) groups excluding carboxylic acids is 1. The van der Waals surface area contributed by atoms with Crippen molar-refractivity contribution in [3.8, 4) is 0 Å². The fourth-order valence-corrected chi connectivity index (χ4v) is 2.45. The molecule has 1 aliphatic rings. The minimum Gasteiger partial charge on any atom is -0.389 e. The molecule has 1 unspecified atom stereocenters. The third-order valence-corrected chi connectivity index (χ3v) is 3.27. The van der Waals surface area contributed by atoms with E-state index in [1.54, 1.807) is 4.68 Å². The Morgan fingerprint density at radius 3 is 3.00 bits per heavy atom. The summed E-state index contributed by atoms with van der Waals surface area (Å²) < 4.78 is 1.72. The van der Waals surface area contributed by atoms with Crippen LogP contribution in [0.2, 0.25) is 0 Å². The normalized spacial score (nSPS) is 18.8. The van der Waals surface area contributed by atoms with Gasteiger partial charge in [-0.1, -0.05) is 12.2 Å². The van der Waals surface area contributed by atoms with Crippen LogP contribution in [0.4, 0.5) is 5.82 Å². The predicted molar refractivity (Wildman–Crippen MR) is 73.5 cm³/mol. The summed E-state index contributed by atoms with van der Waals surface area (Å²) >= 11 is 5.03. The summed E-state index contributed by atoms with van der Waals surface area (Å²) in [6.45, 7) is 2.53. The maximum absolute atomic E-state index is 11.1. The molecule has 4 N–H and O–H groups in total. The summed E-state index contributed by atoms with van der Waals surface area (Å²) in [5.41, 5.74) is 7.29. The van der Waals surface area contributed by atoms with Crippen molar-refractivity contribution in [2.24, 2.45) is 12.8 Å². The van der Waals surface area contributed by atoms with E-state index < -0.39 is 0 Å². The topological polar surface area (TPSA) is 85.0 Å². The van der Waals surface area contributed by atoms with Crippen molar-refractivity contribution in [2.75, 3.05) is 11.9 Å². The lowest BCUT2D eigenvalue weighted by Crippen LogP contribution is -2.32. The zero-order valence-corrected chi connectivity index (χ0v) is 11.3. The molecular weight excluding hydrogens is 250 g/mol. The van der Waals surface area contributed by atoms with E-state index in [0.717, 1.165) is 23.5 Å². The molecule has 0 spiro atoms. The number of nitrogens with two attached hydrogens (primary N) is 1. The van der Waals surface area contributed by atoms with E-state index in [9.17, 15) is 4.79 Å². The fraction of sp³-hybridized carbons (Fsp3) is 0.545.